The zero-order valence-corrected chi connectivity index (χ0v) is 10.1. The van der Waals surface area contributed by atoms with Gasteiger partial charge in [0, 0.05) is 0 Å². The van der Waals surface area contributed by atoms with Crippen molar-refractivity contribution in [2.75, 3.05) is 0 Å². The molecule has 0 saturated carbocycles. The van der Waals surface area contributed by atoms with Gasteiger partial charge in [0.25, 0.3) is 0 Å². The molecule has 54 valence electrons. The van der Waals surface area contributed by atoms with E-state index < -0.39 is 0 Å². The topological polar surface area (TPSA) is 0 Å². The quantitative estimate of drug-likeness (QED) is 0.619. The van der Waals surface area contributed by atoms with E-state index in [0.717, 1.165) is 0 Å². The zero-order chi connectivity index (χ0) is 7.72. The standard InChI is InChI=1S/C8H11.CH3.Sn/c1-6-4-5-7(2)8(6)3;;/h4H2,1-3H3;1H3;. The van der Waals surface area contributed by atoms with E-state index in [1.807, 2.05) is 0 Å². The second-order valence-electron chi connectivity index (χ2n) is 2.94. The van der Waals surface area contributed by atoms with Crippen molar-refractivity contribution in [3.05, 3.63) is 20.3 Å². The van der Waals surface area contributed by atoms with Gasteiger partial charge in [0.2, 0.25) is 0 Å². The van der Waals surface area contributed by atoms with Gasteiger partial charge in [-0.2, -0.15) is 0 Å². The molecular weight excluding hydrogens is 227 g/mol. The molecule has 0 nitrogen and oxygen atoms in total. The number of hydrogen-bond donors (Lipinski definition) is 0. The Labute approximate surface area is 73.6 Å². The molecule has 1 heteroatoms. The van der Waals surface area contributed by atoms with E-state index in [2.05, 4.69) is 25.7 Å². The second-order valence-corrected chi connectivity index (χ2v) is 6.09. The van der Waals surface area contributed by atoms with E-state index in [0.29, 0.717) is 0 Å². The fourth-order valence-corrected chi connectivity index (χ4v) is 4.22. The van der Waals surface area contributed by atoms with Gasteiger partial charge in [0.05, 0.1) is 0 Å². The molecule has 10 heavy (non-hydrogen) atoms. The van der Waals surface area contributed by atoms with Crippen LogP contribution in [0.4, 0.5) is 0 Å². The molecule has 0 bridgehead atoms. The minimum atomic E-state index is -0.130. The Morgan fingerprint density at radius 1 is 1.10 bits per heavy atom. The van der Waals surface area contributed by atoms with E-state index in [1.54, 1.807) is 20.3 Å². The summed E-state index contributed by atoms with van der Waals surface area (Å²) in [5.74, 6) is 0. The van der Waals surface area contributed by atoms with Crippen LogP contribution in [0.1, 0.15) is 27.2 Å². The van der Waals surface area contributed by atoms with E-state index in [1.165, 1.54) is 6.42 Å². The molecule has 0 unspecified atom stereocenters. The van der Waals surface area contributed by atoms with Crippen molar-refractivity contribution in [2.45, 2.75) is 32.1 Å². The molecular formula is C9H14Sn. The predicted octanol–water partition coefficient (Wildman–Crippen LogP) is 2.75. The van der Waals surface area contributed by atoms with Crippen LogP contribution in [-0.4, -0.2) is 21.1 Å². The van der Waals surface area contributed by atoms with Gasteiger partial charge in [0.15, 0.2) is 0 Å². The van der Waals surface area contributed by atoms with Gasteiger partial charge < -0.3 is 0 Å². The average Bonchev–Trinajstić information content (AvgIpc) is 2.17. The van der Waals surface area contributed by atoms with Crippen LogP contribution in [-0.2, 0) is 0 Å². The van der Waals surface area contributed by atoms with Gasteiger partial charge in [-0.1, -0.05) is 0 Å². The fraction of sp³-hybridized carbons (Fsp3) is 0.556. The molecule has 0 spiro atoms. The first-order valence-electron chi connectivity index (χ1n) is 3.71. The van der Waals surface area contributed by atoms with E-state index in [9.17, 15) is 0 Å². The Balaban J connectivity index is 2.89. The summed E-state index contributed by atoms with van der Waals surface area (Å²) in [5, 5.41) is 0. The van der Waals surface area contributed by atoms with Gasteiger partial charge in [-0.05, 0) is 0 Å². The maximum atomic E-state index is 2.41. The first kappa shape index (κ1) is 8.38. The van der Waals surface area contributed by atoms with Crippen molar-refractivity contribution in [3.8, 4) is 0 Å². The molecule has 0 saturated heterocycles. The van der Waals surface area contributed by atoms with Gasteiger partial charge in [-0.25, -0.2) is 0 Å². The second kappa shape index (κ2) is 3.12. The van der Waals surface area contributed by atoms with Crippen LogP contribution in [0.15, 0.2) is 20.3 Å². The van der Waals surface area contributed by atoms with Crippen LogP contribution in [0.3, 0.4) is 0 Å². The Bertz CT molecular complexity index is 209. The Morgan fingerprint density at radius 2 is 1.70 bits per heavy atom. The summed E-state index contributed by atoms with van der Waals surface area (Å²) in [7, 11) is 0. The van der Waals surface area contributed by atoms with E-state index in [-0.39, 0.29) is 21.1 Å². The summed E-state index contributed by atoms with van der Waals surface area (Å²) in [6.07, 6.45) is 1.31. The number of rotatable bonds is 1. The third-order valence-electron chi connectivity index (χ3n) is 2.40. The summed E-state index contributed by atoms with van der Waals surface area (Å²) in [4.78, 5) is 2.41. The van der Waals surface area contributed by atoms with Gasteiger partial charge in [-0.15, -0.1) is 0 Å². The molecule has 0 fully saturated rings. The Kier molecular flexibility index (Phi) is 2.61. The molecule has 0 N–H and O–H groups in total. The SMILES string of the molecule is [CH3][Sn][C]1=C(C)C(C)=C(C)C1. The normalized spacial score (nSPS) is 19.2. The van der Waals surface area contributed by atoms with Gasteiger partial charge in [0.1, 0.15) is 0 Å². The average molecular weight is 241 g/mol. The Morgan fingerprint density at radius 3 is 1.90 bits per heavy atom. The van der Waals surface area contributed by atoms with E-state index >= 15 is 0 Å². The van der Waals surface area contributed by atoms with Gasteiger partial charge >= 0.3 is 73.6 Å². The monoisotopic (exact) mass is 242 g/mol. The van der Waals surface area contributed by atoms with E-state index in [4.69, 9.17) is 0 Å². The minimum absolute atomic E-state index is 0.130. The van der Waals surface area contributed by atoms with Crippen molar-refractivity contribution in [1.82, 2.24) is 0 Å². The van der Waals surface area contributed by atoms with Crippen LogP contribution >= 0.6 is 0 Å². The third kappa shape index (κ3) is 1.31. The summed E-state index contributed by atoms with van der Waals surface area (Å²) in [6, 6.07) is 0. The molecule has 1 rings (SSSR count). The van der Waals surface area contributed by atoms with Crippen molar-refractivity contribution < 1.29 is 0 Å². The Hall–Kier alpha value is 0.279. The third-order valence-corrected chi connectivity index (χ3v) is 5.70. The van der Waals surface area contributed by atoms with Crippen molar-refractivity contribution in [3.63, 3.8) is 0 Å². The first-order valence-corrected chi connectivity index (χ1v) is 7.99. The molecule has 0 aromatic rings. The molecule has 0 heterocycles. The number of hydrogen-bond acceptors (Lipinski definition) is 0. The van der Waals surface area contributed by atoms with Crippen LogP contribution in [0.2, 0.25) is 4.94 Å². The molecule has 1 aliphatic rings. The molecule has 0 atom stereocenters. The fourth-order valence-electron chi connectivity index (χ4n) is 1.35. The molecule has 2 radical (unpaired) electrons. The zero-order valence-electron chi connectivity index (χ0n) is 7.21. The summed E-state index contributed by atoms with van der Waals surface area (Å²) in [6.45, 7) is 6.80. The molecule has 1 aliphatic carbocycles. The maximum absolute atomic E-state index is 2.41. The van der Waals surface area contributed by atoms with Crippen LogP contribution in [0, 0.1) is 0 Å². The molecule has 0 aliphatic heterocycles. The van der Waals surface area contributed by atoms with Crippen LogP contribution in [0.5, 0.6) is 0 Å². The van der Waals surface area contributed by atoms with Crippen LogP contribution < -0.4 is 0 Å². The summed E-state index contributed by atoms with van der Waals surface area (Å²) >= 11 is -0.130. The van der Waals surface area contributed by atoms with Crippen LogP contribution in [0.25, 0.3) is 0 Å². The van der Waals surface area contributed by atoms with Gasteiger partial charge in [-0.3, -0.25) is 0 Å². The summed E-state index contributed by atoms with van der Waals surface area (Å²) < 4.78 is 1.80. The predicted molar refractivity (Wildman–Crippen MR) is 47.3 cm³/mol. The molecule has 0 amide bonds. The summed E-state index contributed by atoms with van der Waals surface area (Å²) in [5.41, 5.74) is 4.79. The van der Waals surface area contributed by atoms with Crippen molar-refractivity contribution in [2.24, 2.45) is 0 Å². The van der Waals surface area contributed by atoms with Crippen molar-refractivity contribution >= 4 is 21.1 Å². The molecule has 0 aromatic carbocycles. The first-order chi connectivity index (χ1) is 4.66. The molecule has 0 aromatic heterocycles. The van der Waals surface area contributed by atoms with Crippen molar-refractivity contribution in [1.29, 1.82) is 0 Å². The number of allylic oxidation sites excluding steroid dienone is 4.